The van der Waals surface area contributed by atoms with E-state index in [1.165, 1.54) is 0 Å². The van der Waals surface area contributed by atoms with Gasteiger partial charge in [-0.1, -0.05) is 19.8 Å². The van der Waals surface area contributed by atoms with Crippen LogP contribution in [0.1, 0.15) is 52.4 Å². The first-order valence-electron chi connectivity index (χ1n) is 6.44. The fourth-order valence-corrected chi connectivity index (χ4v) is 2.98. The molecule has 17 heavy (non-hydrogen) atoms. The van der Waals surface area contributed by atoms with Gasteiger partial charge in [-0.2, -0.15) is 0 Å². The van der Waals surface area contributed by atoms with E-state index in [9.17, 15) is 9.59 Å². The summed E-state index contributed by atoms with van der Waals surface area (Å²) in [4.78, 5) is 22.9. The molecule has 0 aromatic heterocycles. The van der Waals surface area contributed by atoms with Gasteiger partial charge in [-0.3, -0.25) is 9.59 Å². The molecule has 0 spiro atoms. The Bertz CT molecular complexity index is 287. The Kier molecular flexibility index (Phi) is 4.97. The van der Waals surface area contributed by atoms with Crippen molar-refractivity contribution in [2.75, 3.05) is 6.61 Å². The van der Waals surface area contributed by atoms with Gasteiger partial charge in [0.15, 0.2) is 0 Å². The van der Waals surface area contributed by atoms with Crippen molar-refractivity contribution in [3.8, 4) is 0 Å². The van der Waals surface area contributed by atoms with E-state index in [1.54, 1.807) is 6.92 Å². The van der Waals surface area contributed by atoms with Crippen LogP contribution >= 0.6 is 0 Å². The molecule has 1 aliphatic carbocycles. The SMILES string of the molecule is CCOC(=O)C1CCCCC1(CC)CC(=O)O. The normalized spacial score (nSPS) is 28.7. The maximum Gasteiger partial charge on any atom is 0.309 e. The predicted molar refractivity (Wildman–Crippen MR) is 63.6 cm³/mol. The highest BCUT2D eigenvalue weighted by Crippen LogP contribution is 2.47. The van der Waals surface area contributed by atoms with Crippen LogP contribution in [0, 0.1) is 11.3 Å². The van der Waals surface area contributed by atoms with E-state index in [2.05, 4.69) is 0 Å². The highest BCUT2D eigenvalue weighted by molar-refractivity contribution is 5.76. The number of aliphatic carboxylic acids is 1. The zero-order chi connectivity index (χ0) is 12.9. The maximum atomic E-state index is 11.9. The number of ether oxygens (including phenoxy) is 1. The molecular weight excluding hydrogens is 220 g/mol. The molecule has 0 amide bonds. The van der Waals surface area contributed by atoms with Gasteiger partial charge in [0.2, 0.25) is 0 Å². The molecule has 1 N–H and O–H groups in total. The Morgan fingerprint density at radius 3 is 2.59 bits per heavy atom. The molecule has 0 bridgehead atoms. The van der Waals surface area contributed by atoms with Crippen molar-refractivity contribution >= 4 is 11.9 Å². The standard InChI is InChI=1S/C13H22O4/c1-3-13(9-11(14)15)8-6-5-7-10(13)12(16)17-4-2/h10H,3-9H2,1-2H3,(H,14,15). The molecule has 98 valence electrons. The Morgan fingerprint density at radius 2 is 2.06 bits per heavy atom. The second-order valence-electron chi connectivity index (χ2n) is 4.84. The lowest BCUT2D eigenvalue weighted by Crippen LogP contribution is -2.40. The topological polar surface area (TPSA) is 63.6 Å². The molecule has 0 aromatic carbocycles. The van der Waals surface area contributed by atoms with Crippen LogP contribution in [0.15, 0.2) is 0 Å². The third-order valence-electron chi connectivity index (χ3n) is 3.94. The number of carboxylic acid groups (broad SMARTS) is 1. The van der Waals surface area contributed by atoms with E-state index in [-0.39, 0.29) is 18.3 Å². The van der Waals surface area contributed by atoms with Gasteiger partial charge in [0.1, 0.15) is 0 Å². The lowest BCUT2D eigenvalue weighted by Gasteiger charge is -2.41. The Morgan fingerprint density at radius 1 is 1.35 bits per heavy atom. The van der Waals surface area contributed by atoms with E-state index in [4.69, 9.17) is 9.84 Å². The highest BCUT2D eigenvalue weighted by atomic mass is 16.5. The van der Waals surface area contributed by atoms with Gasteiger partial charge in [-0.05, 0) is 31.6 Å². The van der Waals surface area contributed by atoms with Crippen molar-refractivity contribution in [1.82, 2.24) is 0 Å². The molecular formula is C13H22O4. The van der Waals surface area contributed by atoms with Crippen molar-refractivity contribution in [2.45, 2.75) is 52.4 Å². The van der Waals surface area contributed by atoms with Crippen LogP contribution in [-0.2, 0) is 14.3 Å². The number of carbonyl (C=O) groups is 2. The van der Waals surface area contributed by atoms with Gasteiger partial charge in [0, 0.05) is 0 Å². The predicted octanol–water partition coefficient (Wildman–Crippen LogP) is 2.61. The summed E-state index contributed by atoms with van der Waals surface area (Å²) in [7, 11) is 0. The van der Waals surface area contributed by atoms with E-state index >= 15 is 0 Å². The molecule has 4 heteroatoms. The smallest absolute Gasteiger partial charge is 0.309 e. The Balaban J connectivity index is 2.87. The van der Waals surface area contributed by atoms with Crippen LogP contribution in [0.2, 0.25) is 0 Å². The lowest BCUT2D eigenvalue weighted by atomic mass is 9.63. The quantitative estimate of drug-likeness (QED) is 0.753. The first-order chi connectivity index (χ1) is 8.05. The molecule has 1 rings (SSSR count). The number of carboxylic acids is 1. The molecule has 2 unspecified atom stereocenters. The van der Waals surface area contributed by atoms with Gasteiger partial charge >= 0.3 is 11.9 Å². The van der Waals surface area contributed by atoms with E-state index in [0.29, 0.717) is 6.61 Å². The van der Waals surface area contributed by atoms with Gasteiger partial charge in [-0.25, -0.2) is 0 Å². The van der Waals surface area contributed by atoms with Crippen molar-refractivity contribution < 1.29 is 19.4 Å². The Labute approximate surface area is 102 Å². The molecule has 0 radical (unpaired) electrons. The van der Waals surface area contributed by atoms with Crippen molar-refractivity contribution in [3.63, 3.8) is 0 Å². The van der Waals surface area contributed by atoms with Crippen LogP contribution in [0.4, 0.5) is 0 Å². The van der Waals surface area contributed by atoms with Crippen LogP contribution < -0.4 is 0 Å². The number of hydrogen-bond acceptors (Lipinski definition) is 3. The van der Waals surface area contributed by atoms with Crippen molar-refractivity contribution in [2.24, 2.45) is 11.3 Å². The second kappa shape index (κ2) is 6.03. The average molecular weight is 242 g/mol. The number of esters is 1. The number of rotatable bonds is 5. The molecule has 1 fully saturated rings. The molecule has 0 aliphatic heterocycles. The van der Waals surface area contributed by atoms with Crippen LogP contribution in [0.25, 0.3) is 0 Å². The minimum Gasteiger partial charge on any atom is -0.481 e. The second-order valence-corrected chi connectivity index (χ2v) is 4.84. The summed E-state index contributed by atoms with van der Waals surface area (Å²) in [5, 5.41) is 9.04. The lowest BCUT2D eigenvalue weighted by molar-refractivity contribution is -0.158. The molecule has 2 atom stereocenters. The average Bonchev–Trinajstić information content (AvgIpc) is 2.29. The number of carbonyl (C=O) groups excluding carboxylic acids is 1. The molecule has 1 aliphatic rings. The third kappa shape index (κ3) is 3.20. The first-order valence-corrected chi connectivity index (χ1v) is 6.44. The van der Waals surface area contributed by atoms with Gasteiger partial charge in [0.05, 0.1) is 18.9 Å². The zero-order valence-electron chi connectivity index (χ0n) is 10.7. The summed E-state index contributed by atoms with van der Waals surface area (Å²) in [6, 6.07) is 0. The molecule has 0 saturated heterocycles. The monoisotopic (exact) mass is 242 g/mol. The Hall–Kier alpha value is -1.06. The zero-order valence-corrected chi connectivity index (χ0v) is 10.7. The van der Waals surface area contributed by atoms with Crippen molar-refractivity contribution in [1.29, 1.82) is 0 Å². The number of hydrogen-bond donors (Lipinski definition) is 1. The molecule has 1 saturated carbocycles. The minimum atomic E-state index is -0.817. The van der Waals surface area contributed by atoms with Gasteiger partial charge < -0.3 is 9.84 Å². The summed E-state index contributed by atoms with van der Waals surface area (Å²) in [6.45, 7) is 4.12. The summed E-state index contributed by atoms with van der Waals surface area (Å²) >= 11 is 0. The summed E-state index contributed by atoms with van der Waals surface area (Å²) < 4.78 is 5.09. The van der Waals surface area contributed by atoms with Gasteiger partial charge in [0.25, 0.3) is 0 Å². The maximum absolute atomic E-state index is 11.9. The molecule has 0 heterocycles. The van der Waals surface area contributed by atoms with Gasteiger partial charge in [-0.15, -0.1) is 0 Å². The highest BCUT2D eigenvalue weighted by Gasteiger charge is 2.45. The molecule has 4 nitrogen and oxygen atoms in total. The molecule has 0 aromatic rings. The van der Waals surface area contributed by atoms with Crippen LogP contribution in [0.3, 0.4) is 0 Å². The third-order valence-corrected chi connectivity index (χ3v) is 3.94. The minimum absolute atomic E-state index is 0.0764. The summed E-state index contributed by atoms with van der Waals surface area (Å²) in [5.41, 5.74) is -0.393. The summed E-state index contributed by atoms with van der Waals surface area (Å²) in [6.07, 6.45) is 4.39. The fourth-order valence-electron chi connectivity index (χ4n) is 2.98. The van der Waals surface area contributed by atoms with Crippen LogP contribution in [-0.4, -0.2) is 23.7 Å². The largest absolute Gasteiger partial charge is 0.481 e. The summed E-state index contributed by atoms with van der Waals surface area (Å²) in [5.74, 6) is -1.27. The first kappa shape index (κ1) is 14.0. The van der Waals surface area contributed by atoms with E-state index in [1.807, 2.05) is 6.92 Å². The fraction of sp³-hybridized carbons (Fsp3) is 0.846. The van der Waals surface area contributed by atoms with Crippen molar-refractivity contribution in [3.05, 3.63) is 0 Å². The van der Waals surface area contributed by atoms with E-state index in [0.717, 1.165) is 32.1 Å². The van der Waals surface area contributed by atoms with Crippen LogP contribution in [0.5, 0.6) is 0 Å². The van der Waals surface area contributed by atoms with E-state index < -0.39 is 11.4 Å².